The summed E-state index contributed by atoms with van der Waals surface area (Å²) in [7, 11) is 0. The third-order valence-corrected chi connectivity index (χ3v) is 4.95. The molecule has 0 saturated heterocycles. The highest BCUT2D eigenvalue weighted by Crippen LogP contribution is 2.39. The fraction of sp³-hybridized carbons (Fsp3) is 0.136. The number of carbonyl (C=O) groups excluding carboxylic acids is 2. The van der Waals surface area contributed by atoms with E-state index in [1.165, 1.54) is 4.90 Å². The van der Waals surface area contributed by atoms with Crippen LogP contribution < -0.4 is 15.0 Å². The predicted molar refractivity (Wildman–Crippen MR) is 112 cm³/mol. The molecule has 1 N–H and O–H groups in total. The standard InChI is InChI=1S/C22H18ClN3O3/c1-13-5-3-6-14(2)20(13)25-19(27)12-26-17-11-15(23)8-9-18(17)29-21-16(22(26)28)7-4-10-24-21/h3-11H,12H2,1-2H3,(H,25,27). The zero-order valence-electron chi connectivity index (χ0n) is 15.9. The molecule has 2 heterocycles. The number of hydrogen-bond donors (Lipinski definition) is 1. The van der Waals surface area contributed by atoms with Gasteiger partial charge in [0.25, 0.3) is 5.91 Å². The number of pyridine rings is 1. The van der Waals surface area contributed by atoms with Gasteiger partial charge in [0, 0.05) is 16.9 Å². The summed E-state index contributed by atoms with van der Waals surface area (Å²) in [4.78, 5) is 31.6. The number of benzene rings is 2. The van der Waals surface area contributed by atoms with Crippen LogP contribution in [0.5, 0.6) is 11.6 Å². The number of nitrogens with zero attached hydrogens (tertiary/aromatic N) is 2. The Labute approximate surface area is 173 Å². The molecule has 3 aromatic rings. The minimum Gasteiger partial charge on any atom is -0.436 e. The van der Waals surface area contributed by atoms with E-state index >= 15 is 0 Å². The fourth-order valence-electron chi connectivity index (χ4n) is 3.27. The maximum atomic E-state index is 13.2. The highest BCUT2D eigenvalue weighted by Gasteiger charge is 2.30. The summed E-state index contributed by atoms with van der Waals surface area (Å²) in [6, 6.07) is 14.0. The van der Waals surface area contributed by atoms with Crippen LogP contribution in [0.3, 0.4) is 0 Å². The first kappa shape index (κ1) is 19.0. The molecule has 0 bridgehead atoms. The predicted octanol–water partition coefficient (Wildman–Crippen LogP) is 4.74. The quantitative estimate of drug-likeness (QED) is 0.680. The minimum atomic E-state index is -0.384. The van der Waals surface area contributed by atoms with Gasteiger partial charge in [-0.25, -0.2) is 4.98 Å². The summed E-state index contributed by atoms with van der Waals surface area (Å²) in [5, 5.41) is 3.34. The molecule has 29 heavy (non-hydrogen) atoms. The van der Waals surface area contributed by atoms with E-state index in [0.717, 1.165) is 16.8 Å². The van der Waals surface area contributed by atoms with E-state index in [9.17, 15) is 9.59 Å². The number of fused-ring (bicyclic) bond motifs is 2. The van der Waals surface area contributed by atoms with E-state index < -0.39 is 0 Å². The van der Waals surface area contributed by atoms with Crippen molar-refractivity contribution in [3.8, 4) is 11.6 Å². The molecule has 2 amide bonds. The van der Waals surface area contributed by atoms with Gasteiger partial charge in [0.2, 0.25) is 11.8 Å². The van der Waals surface area contributed by atoms with E-state index in [1.54, 1.807) is 36.5 Å². The molecule has 1 aromatic heterocycles. The van der Waals surface area contributed by atoms with E-state index in [4.69, 9.17) is 16.3 Å². The first-order chi connectivity index (χ1) is 13.9. The summed E-state index contributed by atoms with van der Waals surface area (Å²) in [6.07, 6.45) is 1.55. The molecule has 4 rings (SSSR count). The highest BCUT2D eigenvalue weighted by molar-refractivity contribution is 6.31. The van der Waals surface area contributed by atoms with Gasteiger partial charge < -0.3 is 10.1 Å². The number of hydrogen-bond acceptors (Lipinski definition) is 4. The molecule has 146 valence electrons. The molecule has 2 aromatic carbocycles. The lowest BCUT2D eigenvalue weighted by atomic mass is 10.1. The highest BCUT2D eigenvalue weighted by atomic mass is 35.5. The summed E-state index contributed by atoms with van der Waals surface area (Å²) in [5.41, 5.74) is 3.32. The van der Waals surface area contributed by atoms with Crippen molar-refractivity contribution in [2.45, 2.75) is 13.8 Å². The zero-order valence-corrected chi connectivity index (χ0v) is 16.7. The average Bonchev–Trinajstić information content (AvgIpc) is 2.80. The van der Waals surface area contributed by atoms with Crippen molar-refractivity contribution < 1.29 is 14.3 Å². The SMILES string of the molecule is Cc1cccc(C)c1NC(=O)CN1C(=O)c2cccnc2Oc2ccc(Cl)cc21. The van der Waals surface area contributed by atoms with Crippen molar-refractivity contribution in [2.75, 3.05) is 16.8 Å². The maximum absolute atomic E-state index is 13.2. The second kappa shape index (κ2) is 7.56. The summed E-state index contributed by atoms with van der Waals surface area (Å²) < 4.78 is 5.83. The van der Waals surface area contributed by atoms with Gasteiger partial charge in [-0.3, -0.25) is 14.5 Å². The van der Waals surface area contributed by atoms with Crippen LogP contribution in [-0.4, -0.2) is 23.3 Å². The van der Waals surface area contributed by atoms with Crippen LogP contribution in [0, 0.1) is 13.8 Å². The van der Waals surface area contributed by atoms with Gasteiger partial charge in [0.05, 0.1) is 5.69 Å². The average molecular weight is 408 g/mol. The van der Waals surface area contributed by atoms with Crippen molar-refractivity contribution in [1.82, 2.24) is 4.98 Å². The Hall–Kier alpha value is -3.38. The molecular weight excluding hydrogens is 390 g/mol. The van der Waals surface area contributed by atoms with Crippen LogP contribution in [-0.2, 0) is 4.79 Å². The van der Waals surface area contributed by atoms with Crippen molar-refractivity contribution in [3.05, 3.63) is 76.4 Å². The van der Waals surface area contributed by atoms with E-state index in [-0.39, 0.29) is 29.8 Å². The first-order valence-corrected chi connectivity index (χ1v) is 9.42. The molecule has 0 unspecified atom stereocenters. The fourth-order valence-corrected chi connectivity index (χ4v) is 3.44. The van der Waals surface area contributed by atoms with Gasteiger partial charge in [-0.2, -0.15) is 0 Å². The van der Waals surface area contributed by atoms with Crippen LogP contribution in [0.4, 0.5) is 11.4 Å². The summed E-state index contributed by atoms with van der Waals surface area (Å²) in [6.45, 7) is 3.65. The zero-order chi connectivity index (χ0) is 20.5. The Balaban J connectivity index is 1.71. The Bertz CT molecular complexity index is 1110. The van der Waals surface area contributed by atoms with Crippen LogP contribution >= 0.6 is 11.6 Å². The van der Waals surface area contributed by atoms with Crippen LogP contribution in [0.25, 0.3) is 0 Å². The van der Waals surface area contributed by atoms with Crippen LogP contribution in [0.1, 0.15) is 21.5 Å². The van der Waals surface area contributed by atoms with E-state index in [0.29, 0.717) is 16.5 Å². The second-order valence-corrected chi connectivity index (χ2v) is 7.21. The molecule has 1 aliphatic rings. The number of aryl methyl sites for hydroxylation is 2. The van der Waals surface area contributed by atoms with Crippen LogP contribution in [0.15, 0.2) is 54.7 Å². The van der Waals surface area contributed by atoms with Gasteiger partial charge in [0.15, 0.2) is 5.75 Å². The molecule has 7 heteroatoms. The summed E-state index contributed by atoms with van der Waals surface area (Å²) in [5.74, 6) is -0.112. The Morgan fingerprint density at radius 2 is 1.90 bits per heavy atom. The molecule has 0 atom stereocenters. The Morgan fingerprint density at radius 3 is 2.66 bits per heavy atom. The number of rotatable bonds is 3. The van der Waals surface area contributed by atoms with Crippen molar-refractivity contribution in [2.24, 2.45) is 0 Å². The molecule has 0 radical (unpaired) electrons. The van der Waals surface area contributed by atoms with Crippen molar-refractivity contribution >= 4 is 34.8 Å². The topological polar surface area (TPSA) is 71.5 Å². The monoisotopic (exact) mass is 407 g/mol. The first-order valence-electron chi connectivity index (χ1n) is 9.04. The number of halogens is 1. The molecule has 0 fully saturated rings. The molecule has 6 nitrogen and oxygen atoms in total. The van der Waals surface area contributed by atoms with Gasteiger partial charge in [0.1, 0.15) is 12.1 Å². The van der Waals surface area contributed by atoms with Gasteiger partial charge in [-0.1, -0.05) is 29.8 Å². The Morgan fingerprint density at radius 1 is 1.14 bits per heavy atom. The van der Waals surface area contributed by atoms with Gasteiger partial charge in [-0.15, -0.1) is 0 Å². The largest absolute Gasteiger partial charge is 0.436 e. The normalized spacial score (nSPS) is 12.5. The van der Waals surface area contributed by atoms with E-state index in [2.05, 4.69) is 10.3 Å². The van der Waals surface area contributed by atoms with Crippen molar-refractivity contribution in [3.63, 3.8) is 0 Å². The maximum Gasteiger partial charge on any atom is 0.264 e. The number of aromatic nitrogens is 1. The molecule has 0 aliphatic carbocycles. The smallest absolute Gasteiger partial charge is 0.264 e. The number of amides is 2. The molecular formula is C22H18ClN3O3. The number of anilines is 2. The number of nitrogens with one attached hydrogen (secondary N) is 1. The minimum absolute atomic E-state index is 0.193. The third kappa shape index (κ3) is 3.67. The Kier molecular flexibility index (Phi) is 4.94. The lowest BCUT2D eigenvalue weighted by molar-refractivity contribution is -0.114. The van der Waals surface area contributed by atoms with E-state index in [1.807, 2.05) is 32.0 Å². The number of ether oxygens (including phenoxy) is 1. The number of para-hydroxylation sites is 1. The third-order valence-electron chi connectivity index (χ3n) is 4.71. The van der Waals surface area contributed by atoms with Crippen molar-refractivity contribution in [1.29, 1.82) is 0 Å². The molecule has 0 saturated carbocycles. The number of carbonyl (C=O) groups is 2. The lowest BCUT2D eigenvalue weighted by Gasteiger charge is -2.22. The lowest BCUT2D eigenvalue weighted by Crippen LogP contribution is -2.38. The van der Waals surface area contributed by atoms with Gasteiger partial charge in [-0.05, 0) is 55.3 Å². The molecule has 0 spiro atoms. The van der Waals surface area contributed by atoms with Crippen LogP contribution in [0.2, 0.25) is 5.02 Å². The summed E-state index contributed by atoms with van der Waals surface area (Å²) >= 11 is 6.15. The van der Waals surface area contributed by atoms with Gasteiger partial charge >= 0.3 is 0 Å². The second-order valence-electron chi connectivity index (χ2n) is 6.78. The molecule has 1 aliphatic heterocycles.